The van der Waals surface area contributed by atoms with Gasteiger partial charge in [-0.3, -0.25) is 9.32 Å². The summed E-state index contributed by atoms with van der Waals surface area (Å²) in [5.74, 6) is -0.481. The Hall–Kier alpha value is -0.520. The zero-order valence-corrected chi connectivity index (χ0v) is 15.3. The minimum absolute atomic E-state index is 0.147. The normalized spacial score (nSPS) is 19.1. The lowest BCUT2D eigenvalue weighted by atomic mass is 9.88. The van der Waals surface area contributed by atoms with E-state index in [1.807, 2.05) is 6.92 Å². The van der Waals surface area contributed by atoms with Gasteiger partial charge in [-0.25, -0.2) is 4.57 Å². The highest BCUT2D eigenvalue weighted by atomic mass is 31.2. The number of ether oxygens (including phenoxy) is 1. The molecule has 22 heavy (non-hydrogen) atoms. The van der Waals surface area contributed by atoms with Crippen LogP contribution in [0.25, 0.3) is 0 Å². The SMILES string of the molecule is C=C(C)C(=O)C(C)(CC)OCC(C)C(C)(CC)OP(=O)(O)O. The molecule has 3 atom stereocenters. The maximum atomic E-state index is 12.2. The number of carbonyl (C=O) groups excluding carboxylic acids is 1. The number of Topliss-reactive ketones (excluding diaryl/α,β-unsaturated/α-hetero) is 1. The fourth-order valence-corrected chi connectivity index (χ4v) is 2.89. The summed E-state index contributed by atoms with van der Waals surface area (Å²) in [4.78, 5) is 30.3. The molecule has 0 spiro atoms. The first kappa shape index (κ1) is 21.5. The summed E-state index contributed by atoms with van der Waals surface area (Å²) in [7, 11) is -4.60. The van der Waals surface area contributed by atoms with Crippen molar-refractivity contribution in [3.8, 4) is 0 Å². The smallest absolute Gasteiger partial charge is 0.367 e. The zero-order valence-electron chi connectivity index (χ0n) is 14.4. The molecule has 0 radical (unpaired) electrons. The Morgan fingerprint density at radius 3 is 2.09 bits per heavy atom. The Bertz CT molecular complexity index is 457. The van der Waals surface area contributed by atoms with Crippen LogP contribution in [0.15, 0.2) is 12.2 Å². The van der Waals surface area contributed by atoms with E-state index in [2.05, 4.69) is 6.58 Å². The Balaban J connectivity index is 5.03. The molecular formula is C15H29O6P. The van der Waals surface area contributed by atoms with E-state index in [0.29, 0.717) is 18.4 Å². The van der Waals surface area contributed by atoms with Gasteiger partial charge in [0.15, 0.2) is 5.78 Å². The molecule has 2 N–H and O–H groups in total. The van der Waals surface area contributed by atoms with Crippen LogP contribution in [-0.4, -0.2) is 33.4 Å². The molecular weight excluding hydrogens is 307 g/mol. The summed E-state index contributed by atoms with van der Waals surface area (Å²) in [5, 5.41) is 0. The molecule has 0 amide bonds. The van der Waals surface area contributed by atoms with Gasteiger partial charge in [-0.05, 0) is 39.2 Å². The molecule has 7 heteroatoms. The van der Waals surface area contributed by atoms with Gasteiger partial charge in [0.25, 0.3) is 0 Å². The van der Waals surface area contributed by atoms with Crippen molar-refractivity contribution in [1.82, 2.24) is 0 Å². The summed E-state index contributed by atoms with van der Waals surface area (Å²) >= 11 is 0. The highest BCUT2D eigenvalue weighted by molar-refractivity contribution is 7.46. The predicted molar refractivity (Wildman–Crippen MR) is 85.5 cm³/mol. The van der Waals surface area contributed by atoms with Crippen molar-refractivity contribution in [3.63, 3.8) is 0 Å². The second-order valence-corrected chi connectivity index (χ2v) is 7.32. The predicted octanol–water partition coefficient (Wildman–Crippen LogP) is 3.23. The second-order valence-electron chi connectivity index (χ2n) is 6.15. The summed E-state index contributed by atoms with van der Waals surface area (Å²) in [6.07, 6.45) is 0.882. The number of rotatable bonds is 10. The fourth-order valence-electron chi connectivity index (χ4n) is 2.04. The molecule has 6 nitrogen and oxygen atoms in total. The van der Waals surface area contributed by atoms with Gasteiger partial charge >= 0.3 is 7.82 Å². The molecule has 130 valence electrons. The molecule has 3 unspecified atom stereocenters. The van der Waals surface area contributed by atoms with E-state index >= 15 is 0 Å². The van der Waals surface area contributed by atoms with E-state index < -0.39 is 19.0 Å². The highest BCUT2D eigenvalue weighted by Crippen LogP contribution is 2.45. The number of ketones is 1. The molecule has 0 bridgehead atoms. The van der Waals surface area contributed by atoms with Gasteiger partial charge in [-0.2, -0.15) is 0 Å². The van der Waals surface area contributed by atoms with E-state index in [1.165, 1.54) is 0 Å². The third-order valence-corrected chi connectivity index (χ3v) is 4.92. The lowest BCUT2D eigenvalue weighted by molar-refractivity contribution is -0.144. The molecule has 0 rings (SSSR count). The Labute approximate surface area is 133 Å². The first-order valence-corrected chi connectivity index (χ1v) is 8.95. The van der Waals surface area contributed by atoms with Crippen LogP contribution in [0.2, 0.25) is 0 Å². The summed E-state index contributed by atoms with van der Waals surface area (Å²) < 4.78 is 21.8. The number of hydrogen-bond acceptors (Lipinski definition) is 4. The van der Waals surface area contributed by atoms with E-state index in [0.717, 1.165) is 0 Å². The molecule has 0 aliphatic heterocycles. The van der Waals surface area contributed by atoms with Gasteiger partial charge in [0, 0.05) is 5.92 Å². The average molecular weight is 336 g/mol. The molecule has 0 aliphatic carbocycles. The molecule has 0 saturated heterocycles. The monoisotopic (exact) mass is 336 g/mol. The van der Waals surface area contributed by atoms with E-state index in [1.54, 1.807) is 34.6 Å². The van der Waals surface area contributed by atoms with Crippen molar-refractivity contribution in [1.29, 1.82) is 0 Å². The van der Waals surface area contributed by atoms with Crippen molar-refractivity contribution < 1.29 is 28.4 Å². The number of phosphoric ester groups is 1. The summed E-state index contributed by atoms with van der Waals surface area (Å²) in [6, 6.07) is 0. The largest absolute Gasteiger partial charge is 0.470 e. The molecule has 0 saturated carbocycles. The van der Waals surface area contributed by atoms with Crippen LogP contribution in [0.1, 0.15) is 54.4 Å². The molecule has 0 aromatic carbocycles. The quantitative estimate of drug-likeness (QED) is 0.470. The molecule has 0 fully saturated rings. The van der Waals surface area contributed by atoms with Gasteiger partial charge in [0.2, 0.25) is 0 Å². The highest BCUT2D eigenvalue weighted by Gasteiger charge is 2.39. The van der Waals surface area contributed by atoms with Crippen LogP contribution in [0.4, 0.5) is 0 Å². The van der Waals surface area contributed by atoms with Crippen molar-refractivity contribution >= 4 is 13.6 Å². The van der Waals surface area contributed by atoms with Gasteiger partial charge < -0.3 is 14.5 Å². The standard InChI is InChI=1S/C15H29O6P/c1-8-14(6,21-22(17,18)19)12(5)10-20-15(7,9-2)13(16)11(3)4/h12H,3,8-10H2,1-2,4-7H3,(H2,17,18,19). The number of phosphoric acid groups is 1. The van der Waals surface area contributed by atoms with Crippen molar-refractivity contribution in [2.45, 2.75) is 65.6 Å². The second kappa shape index (κ2) is 7.84. The first-order valence-electron chi connectivity index (χ1n) is 7.42. The molecule has 0 aromatic heterocycles. The van der Waals surface area contributed by atoms with Crippen LogP contribution >= 0.6 is 7.82 Å². The minimum Gasteiger partial charge on any atom is -0.367 e. The lowest BCUT2D eigenvalue weighted by Gasteiger charge is -2.37. The van der Waals surface area contributed by atoms with Crippen molar-refractivity contribution in [2.24, 2.45) is 5.92 Å². The van der Waals surface area contributed by atoms with E-state index in [9.17, 15) is 9.36 Å². The molecule has 0 aliphatic rings. The van der Waals surface area contributed by atoms with Crippen LogP contribution in [-0.2, 0) is 18.6 Å². The minimum atomic E-state index is -4.60. The fraction of sp³-hybridized carbons (Fsp3) is 0.800. The van der Waals surface area contributed by atoms with Gasteiger partial charge in [-0.1, -0.05) is 27.4 Å². The average Bonchev–Trinajstić information content (AvgIpc) is 2.41. The zero-order chi connectivity index (χ0) is 17.8. The summed E-state index contributed by atoms with van der Waals surface area (Å²) in [6.45, 7) is 14.2. The Kier molecular flexibility index (Phi) is 7.66. The van der Waals surface area contributed by atoms with Crippen LogP contribution in [0.5, 0.6) is 0 Å². The molecule has 0 aromatic rings. The van der Waals surface area contributed by atoms with Gasteiger partial charge in [0.05, 0.1) is 12.2 Å². The molecule has 0 heterocycles. The van der Waals surface area contributed by atoms with Gasteiger partial charge in [0.1, 0.15) is 5.60 Å². The summed E-state index contributed by atoms with van der Waals surface area (Å²) in [5.41, 5.74) is -1.61. The van der Waals surface area contributed by atoms with Crippen LogP contribution in [0.3, 0.4) is 0 Å². The van der Waals surface area contributed by atoms with Crippen LogP contribution < -0.4 is 0 Å². The van der Waals surface area contributed by atoms with Crippen molar-refractivity contribution in [2.75, 3.05) is 6.61 Å². The topological polar surface area (TPSA) is 93.1 Å². The lowest BCUT2D eigenvalue weighted by Crippen LogP contribution is -2.43. The van der Waals surface area contributed by atoms with Crippen LogP contribution in [0, 0.1) is 5.92 Å². The van der Waals surface area contributed by atoms with Gasteiger partial charge in [-0.15, -0.1) is 0 Å². The third-order valence-electron chi connectivity index (χ3n) is 4.27. The van der Waals surface area contributed by atoms with E-state index in [4.69, 9.17) is 19.0 Å². The van der Waals surface area contributed by atoms with Crippen molar-refractivity contribution in [3.05, 3.63) is 12.2 Å². The Morgan fingerprint density at radius 2 is 1.77 bits per heavy atom. The third kappa shape index (κ3) is 5.94. The first-order chi connectivity index (χ1) is 9.81. The Morgan fingerprint density at radius 1 is 1.27 bits per heavy atom. The number of carbonyl (C=O) groups is 1. The van der Waals surface area contributed by atoms with E-state index in [-0.39, 0.29) is 18.3 Å². The number of hydrogen-bond donors (Lipinski definition) is 2. The maximum absolute atomic E-state index is 12.2. The maximum Gasteiger partial charge on any atom is 0.470 e.